The molecule has 0 fully saturated rings. The summed E-state index contributed by atoms with van der Waals surface area (Å²) < 4.78 is 18.2. The summed E-state index contributed by atoms with van der Waals surface area (Å²) in [5.41, 5.74) is 1.25. The monoisotopic (exact) mass is 239 g/mol. The molecule has 3 nitrogen and oxygen atoms in total. The lowest BCUT2D eigenvalue weighted by atomic mass is 10.0. The number of aryl methyl sites for hydroxylation is 1. The summed E-state index contributed by atoms with van der Waals surface area (Å²) in [6.07, 6.45) is 0. The highest BCUT2D eigenvalue weighted by molar-refractivity contribution is 5.73. The summed E-state index contributed by atoms with van der Waals surface area (Å²) in [5, 5.41) is 3.02. The highest BCUT2D eigenvalue weighted by atomic mass is 19.1. The van der Waals surface area contributed by atoms with Gasteiger partial charge in [0.25, 0.3) is 0 Å². The summed E-state index contributed by atoms with van der Waals surface area (Å²) in [6.45, 7) is 5.40. The SMILES string of the molecule is COC(=O)C(C)C(C)Nc1c(C)cccc1F. The lowest BCUT2D eigenvalue weighted by Gasteiger charge is -2.21. The zero-order valence-electron chi connectivity index (χ0n) is 10.6. The number of carbonyl (C=O) groups excluding carboxylic acids is 1. The molecule has 0 aliphatic carbocycles. The van der Waals surface area contributed by atoms with Gasteiger partial charge in [0.15, 0.2) is 0 Å². The Morgan fingerprint density at radius 2 is 2.06 bits per heavy atom. The van der Waals surface area contributed by atoms with Gasteiger partial charge in [-0.05, 0) is 32.4 Å². The minimum absolute atomic E-state index is 0.196. The Morgan fingerprint density at radius 3 is 2.59 bits per heavy atom. The molecule has 0 saturated heterocycles. The Labute approximate surface area is 101 Å². The number of hydrogen-bond donors (Lipinski definition) is 1. The van der Waals surface area contributed by atoms with E-state index in [1.165, 1.54) is 13.2 Å². The van der Waals surface area contributed by atoms with E-state index in [2.05, 4.69) is 10.1 Å². The summed E-state index contributed by atoms with van der Waals surface area (Å²) in [4.78, 5) is 11.4. The second-order valence-corrected chi connectivity index (χ2v) is 4.18. The average molecular weight is 239 g/mol. The fourth-order valence-electron chi connectivity index (χ4n) is 1.56. The van der Waals surface area contributed by atoms with Crippen LogP contribution in [0.3, 0.4) is 0 Å². The van der Waals surface area contributed by atoms with Crippen molar-refractivity contribution in [3.05, 3.63) is 29.6 Å². The number of nitrogens with one attached hydrogen (secondary N) is 1. The maximum atomic E-state index is 13.6. The number of methoxy groups -OCH3 is 1. The van der Waals surface area contributed by atoms with E-state index in [0.717, 1.165) is 5.56 Å². The van der Waals surface area contributed by atoms with E-state index in [1.54, 1.807) is 13.0 Å². The first-order chi connectivity index (χ1) is 7.97. The van der Waals surface area contributed by atoms with E-state index in [-0.39, 0.29) is 23.7 Å². The van der Waals surface area contributed by atoms with Crippen molar-refractivity contribution in [2.24, 2.45) is 5.92 Å². The van der Waals surface area contributed by atoms with Gasteiger partial charge in [-0.15, -0.1) is 0 Å². The molecule has 2 unspecified atom stereocenters. The van der Waals surface area contributed by atoms with Crippen LogP contribution >= 0.6 is 0 Å². The second kappa shape index (κ2) is 5.66. The zero-order chi connectivity index (χ0) is 13.0. The highest BCUT2D eigenvalue weighted by Crippen LogP contribution is 2.21. The Hall–Kier alpha value is -1.58. The predicted octanol–water partition coefficient (Wildman–Crippen LogP) is 2.74. The van der Waals surface area contributed by atoms with Gasteiger partial charge >= 0.3 is 5.97 Å². The fraction of sp³-hybridized carbons (Fsp3) is 0.462. The molecule has 0 saturated carbocycles. The minimum Gasteiger partial charge on any atom is -0.469 e. The Morgan fingerprint density at radius 1 is 1.41 bits per heavy atom. The van der Waals surface area contributed by atoms with Crippen molar-refractivity contribution in [2.45, 2.75) is 26.8 Å². The molecule has 1 aromatic carbocycles. The quantitative estimate of drug-likeness (QED) is 0.821. The maximum Gasteiger partial charge on any atom is 0.310 e. The van der Waals surface area contributed by atoms with Crippen molar-refractivity contribution in [3.63, 3.8) is 0 Å². The van der Waals surface area contributed by atoms with Gasteiger partial charge in [-0.3, -0.25) is 4.79 Å². The molecule has 0 aliphatic heterocycles. The van der Waals surface area contributed by atoms with Gasteiger partial charge in [-0.1, -0.05) is 12.1 Å². The average Bonchev–Trinajstić information content (AvgIpc) is 2.31. The number of carbonyl (C=O) groups is 1. The first-order valence-corrected chi connectivity index (χ1v) is 5.56. The van der Waals surface area contributed by atoms with Crippen LogP contribution in [-0.4, -0.2) is 19.1 Å². The van der Waals surface area contributed by atoms with Gasteiger partial charge < -0.3 is 10.1 Å². The maximum absolute atomic E-state index is 13.6. The van der Waals surface area contributed by atoms with Gasteiger partial charge in [0.1, 0.15) is 5.82 Å². The van der Waals surface area contributed by atoms with E-state index < -0.39 is 0 Å². The molecule has 0 aliphatic rings. The van der Waals surface area contributed by atoms with Gasteiger partial charge in [0.2, 0.25) is 0 Å². The van der Waals surface area contributed by atoms with Gasteiger partial charge in [-0.2, -0.15) is 0 Å². The lowest BCUT2D eigenvalue weighted by molar-refractivity contribution is -0.145. The summed E-state index contributed by atoms with van der Waals surface area (Å²) >= 11 is 0. The number of esters is 1. The smallest absolute Gasteiger partial charge is 0.310 e. The van der Waals surface area contributed by atoms with Crippen LogP contribution in [0.4, 0.5) is 10.1 Å². The summed E-state index contributed by atoms with van der Waals surface area (Å²) in [5.74, 6) is -0.952. The molecule has 2 atom stereocenters. The first-order valence-electron chi connectivity index (χ1n) is 5.56. The Bertz CT molecular complexity index is 386. The van der Waals surface area contributed by atoms with Gasteiger partial charge in [0, 0.05) is 6.04 Å². The van der Waals surface area contributed by atoms with Crippen molar-refractivity contribution in [1.82, 2.24) is 0 Å². The molecule has 0 amide bonds. The van der Waals surface area contributed by atoms with Crippen molar-refractivity contribution in [2.75, 3.05) is 12.4 Å². The third-order valence-corrected chi connectivity index (χ3v) is 2.92. The first kappa shape index (κ1) is 13.5. The molecule has 94 valence electrons. The highest BCUT2D eigenvalue weighted by Gasteiger charge is 2.21. The summed E-state index contributed by atoms with van der Waals surface area (Å²) in [7, 11) is 1.35. The topological polar surface area (TPSA) is 38.3 Å². The Balaban J connectivity index is 2.81. The molecule has 0 radical (unpaired) electrons. The van der Waals surface area contributed by atoms with Crippen LogP contribution in [0, 0.1) is 18.7 Å². The molecule has 1 aromatic rings. The third-order valence-electron chi connectivity index (χ3n) is 2.92. The number of rotatable bonds is 4. The number of anilines is 1. The largest absolute Gasteiger partial charge is 0.469 e. The van der Waals surface area contributed by atoms with Gasteiger partial charge in [-0.25, -0.2) is 4.39 Å². The predicted molar refractivity (Wildman–Crippen MR) is 65.4 cm³/mol. The van der Waals surface area contributed by atoms with E-state index in [4.69, 9.17) is 0 Å². The van der Waals surface area contributed by atoms with Crippen LogP contribution in [0.5, 0.6) is 0 Å². The molecule has 0 spiro atoms. The third kappa shape index (κ3) is 3.19. The van der Waals surface area contributed by atoms with Crippen molar-refractivity contribution in [3.8, 4) is 0 Å². The number of benzene rings is 1. The lowest BCUT2D eigenvalue weighted by Crippen LogP contribution is -2.31. The normalized spacial score (nSPS) is 13.9. The summed E-state index contributed by atoms with van der Waals surface area (Å²) in [6, 6.07) is 4.67. The molecular formula is C13H18FNO2. The van der Waals surface area contributed by atoms with Crippen molar-refractivity contribution in [1.29, 1.82) is 0 Å². The molecule has 4 heteroatoms. The number of para-hydroxylation sites is 1. The van der Waals surface area contributed by atoms with Crippen LogP contribution in [-0.2, 0) is 9.53 Å². The second-order valence-electron chi connectivity index (χ2n) is 4.18. The van der Waals surface area contributed by atoms with E-state index in [9.17, 15) is 9.18 Å². The van der Waals surface area contributed by atoms with Gasteiger partial charge in [0.05, 0.1) is 18.7 Å². The van der Waals surface area contributed by atoms with E-state index in [0.29, 0.717) is 5.69 Å². The Kier molecular flexibility index (Phi) is 4.49. The van der Waals surface area contributed by atoms with Crippen molar-refractivity contribution >= 4 is 11.7 Å². The molecule has 1 N–H and O–H groups in total. The number of ether oxygens (including phenoxy) is 1. The van der Waals surface area contributed by atoms with E-state index >= 15 is 0 Å². The molecule has 17 heavy (non-hydrogen) atoms. The minimum atomic E-state index is -0.334. The van der Waals surface area contributed by atoms with Crippen LogP contribution in [0.15, 0.2) is 18.2 Å². The molecular weight excluding hydrogens is 221 g/mol. The number of halogens is 1. The molecule has 0 bridgehead atoms. The molecule has 1 rings (SSSR count). The van der Waals surface area contributed by atoms with Crippen LogP contribution in [0.1, 0.15) is 19.4 Å². The number of hydrogen-bond acceptors (Lipinski definition) is 3. The van der Waals surface area contributed by atoms with E-state index in [1.807, 2.05) is 19.9 Å². The zero-order valence-corrected chi connectivity index (χ0v) is 10.6. The fourth-order valence-corrected chi connectivity index (χ4v) is 1.56. The van der Waals surface area contributed by atoms with Crippen LogP contribution in [0.2, 0.25) is 0 Å². The van der Waals surface area contributed by atoms with Crippen LogP contribution < -0.4 is 5.32 Å². The molecule has 0 aromatic heterocycles. The molecule has 0 heterocycles. The standard InChI is InChI=1S/C13H18FNO2/c1-8-6-5-7-11(14)12(8)15-10(3)9(2)13(16)17-4/h5-7,9-10,15H,1-4H3. The van der Waals surface area contributed by atoms with Crippen molar-refractivity contribution < 1.29 is 13.9 Å². The van der Waals surface area contributed by atoms with Crippen LogP contribution in [0.25, 0.3) is 0 Å².